The number of carbonyl (C=O) groups excluding carboxylic acids is 2. The highest BCUT2D eigenvalue weighted by Gasteiger charge is 2.30. The highest BCUT2D eigenvalue weighted by Crippen LogP contribution is 2.30. The molecule has 0 amide bonds. The fourth-order valence-electron chi connectivity index (χ4n) is 2.60. The van der Waals surface area contributed by atoms with Crippen LogP contribution in [-0.4, -0.2) is 38.3 Å². The normalized spacial score (nSPS) is 11.7. The summed E-state index contributed by atoms with van der Waals surface area (Å²) in [5.74, 6) is 1.92. The number of thioether (sulfide) groups is 1. The number of hydrogen-bond donors (Lipinski definition) is 0. The lowest BCUT2D eigenvalue weighted by molar-refractivity contribution is -0.191. The maximum Gasteiger partial charge on any atom is 0.416 e. The molecule has 0 radical (unpaired) electrons. The Morgan fingerprint density at radius 2 is 1.75 bits per heavy atom. The molecule has 5 nitrogen and oxygen atoms in total. The van der Waals surface area contributed by atoms with E-state index in [0.717, 1.165) is 41.2 Å². The molecular formula is C23H27F3O5S. The van der Waals surface area contributed by atoms with Crippen LogP contribution in [0.5, 0.6) is 11.5 Å². The summed E-state index contributed by atoms with van der Waals surface area (Å²) < 4.78 is 54.9. The standard InChI is InChI=1S/C22H27F3O3S.CO2/c1-4-5-12-27-19(15-29-20-10-11-21(26-3)16(2)13-20)14-28-18-8-6-17(7-9-18)22(23,24)25;2-1-3/h6-11,13,19H,4-5,12,14-15H2,1-3H3;. The number of hydrogen-bond acceptors (Lipinski definition) is 6. The number of unbranched alkanes of at least 4 members (excludes halogenated alkanes) is 1. The van der Waals surface area contributed by atoms with Crippen LogP contribution in [0.25, 0.3) is 0 Å². The Bertz CT molecular complexity index is 835. The predicted octanol–water partition coefficient (Wildman–Crippen LogP) is 5.80. The first-order valence-electron chi connectivity index (χ1n) is 9.93. The van der Waals surface area contributed by atoms with Crippen molar-refractivity contribution in [2.24, 2.45) is 0 Å². The fourth-order valence-corrected chi connectivity index (χ4v) is 3.59. The van der Waals surface area contributed by atoms with Gasteiger partial charge in [-0.25, -0.2) is 0 Å². The van der Waals surface area contributed by atoms with Crippen LogP contribution in [-0.2, 0) is 20.5 Å². The molecule has 0 bridgehead atoms. The van der Waals surface area contributed by atoms with Gasteiger partial charge in [-0.15, -0.1) is 11.8 Å². The highest BCUT2D eigenvalue weighted by atomic mass is 32.2. The van der Waals surface area contributed by atoms with E-state index in [-0.39, 0.29) is 18.9 Å². The average molecular weight is 473 g/mol. The zero-order chi connectivity index (χ0) is 24.0. The van der Waals surface area contributed by atoms with Crippen LogP contribution in [0.15, 0.2) is 47.4 Å². The maximum absolute atomic E-state index is 12.7. The van der Waals surface area contributed by atoms with Crippen LogP contribution in [0, 0.1) is 6.92 Å². The minimum Gasteiger partial charge on any atom is -0.496 e. The van der Waals surface area contributed by atoms with Gasteiger partial charge < -0.3 is 14.2 Å². The van der Waals surface area contributed by atoms with Gasteiger partial charge in [-0.3, -0.25) is 0 Å². The fraction of sp³-hybridized carbons (Fsp3) is 0.435. The van der Waals surface area contributed by atoms with Gasteiger partial charge in [-0.1, -0.05) is 13.3 Å². The molecule has 0 aromatic heterocycles. The minimum atomic E-state index is -4.35. The van der Waals surface area contributed by atoms with E-state index in [2.05, 4.69) is 13.0 Å². The Labute approximate surface area is 190 Å². The minimum absolute atomic E-state index is 0.170. The first-order valence-corrected chi connectivity index (χ1v) is 10.9. The van der Waals surface area contributed by atoms with E-state index in [1.165, 1.54) is 12.1 Å². The van der Waals surface area contributed by atoms with Gasteiger partial charge in [0.25, 0.3) is 0 Å². The third kappa shape index (κ3) is 10.2. The number of aryl methyl sites for hydroxylation is 1. The second-order valence-electron chi connectivity index (χ2n) is 6.71. The Morgan fingerprint density at radius 3 is 2.28 bits per heavy atom. The maximum atomic E-state index is 12.7. The summed E-state index contributed by atoms with van der Waals surface area (Å²) in [6.07, 6.45) is -2.30. The molecule has 0 saturated heterocycles. The Morgan fingerprint density at radius 1 is 1.09 bits per heavy atom. The molecular weight excluding hydrogens is 445 g/mol. The monoisotopic (exact) mass is 472 g/mol. The molecule has 176 valence electrons. The van der Waals surface area contributed by atoms with Gasteiger partial charge in [-0.2, -0.15) is 22.8 Å². The summed E-state index contributed by atoms with van der Waals surface area (Å²) >= 11 is 1.65. The number of rotatable bonds is 11. The average Bonchev–Trinajstić information content (AvgIpc) is 2.75. The van der Waals surface area contributed by atoms with Crippen molar-refractivity contribution in [3.63, 3.8) is 0 Å². The van der Waals surface area contributed by atoms with Gasteiger partial charge in [0.1, 0.15) is 24.2 Å². The van der Waals surface area contributed by atoms with Gasteiger partial charge in [0.05, 0.1) is 12.7 Å². The third-order valence-corrected chi connectivity index (χ3v) is 5.40. The van der Waals surface area contributed by atoms with E-state index < -0.39 is 11.7 Å². The third-order valence-electron chi connectivity index (χ3n) is 4.27. The Balaban J connectivity index is 0.00000161. The van der Waals surface area contributed by atoms with E-state index in [4.69, 9.17) is 23.8 Å². The molecule has 0 fully saturated rings. The zero-order valence-corrected chi connectivity index (χ0v) is 19.1. The molecule has 1 atom stereocenters. The SMILES string of the molecule is CCCCOC(COc1ccc(C(F)(F)F)cc1)CSc1ccc(OC)c(C)c1.O=C=O. The van der Waals surface area contributed by atoms with Crippen LogP contribution in [0.2, 0.25) is 0 Å². The van der Waals surface area contributed by atoms with E-state index in [9.17, 15) is 13.2 Å². The van der Waals surface area contributed by atoms with Crippen molar-refractivity contribution < 1.29 is 37.0 Å². The van der Waals surface area contributed by atoms with E-state index in [0.29, 0.717) is 18.1 Å². The summed E-state index contributed by atoms with van der Waals surface area (Å²) in [6, 6.07) is 10.7. The molecule has 0 N–H and O–H groups in total. The lowest BCUT2D eigenvalue weighted by Crippen LogP contribution is -2.25. The smallest absolute Gasteiger partial charge is 0.416 e. The van der Waals surface area contributed by atoms with Crippen LogP contribution in [0.1, 0.15) is 30.9 Å². The van der Waals surface area contributed by atoms with Crippen LogP contribution >= 0.6 is 11.8 Å². The molecule has 32 heavy (non-hydrogen) atoms. The lowest BCUT2D eigenvalue weighted by atomic mass is 10.2. The summed E-state index contributed by atoms with van der Waals surface area (Å²) in [5, 5.41) is 0. The predicted molar refractivity (Wildman–Crippen MR) is 115 cm³/mol. The van der Waals surface area contributed by atoms with Crippen molar-refractivity contribution in [1.82, 2.24) is 0 Å². The van der Waals surface area contributed by atoms with Crippen LogP contribution in [0.3, 0.4) is 0 Å². The van der Waals surface area contributed by atoms with E-state index in [1.807, 2.05) is 19.1 Å². The summed E-state index contributed by atoms with van der Waals surface area (Å²) in [4.78, 5) is 17.3. The largest absolute Gasteiger partial charge is 0.496 e. The van der Waals surface area contributed by atoms with Crippen molar-refractivity contribution in [1.29, 1.82) is 0 Å². The molecule has 0 heterocycles. The van der Waals surface area contributed by atoms with Gasteiger partial charge in [0.2, 0.25) is 0 Å². The Hall–Kier alpha value is -2.48. The topological polar surface area (TPSA) is 61.8 Å². The molecule has 0 spiro atoms. The number of halogens is 3. The first kappa shape index (κ1) is 27.6. The second-order valence-corrected chi connectivity index (χ2v) is 7.80. The summed E-state index contributed by atoms with van der Waals surface area (Å²) in [6.45, 7) is 4.98. The molecule has 9 heteroatoms. The molecule has 0 aliphatic rings. The lowest BCUT2D eigenvalue weighted by Gasteiger charge is -2.19. The zero-order valence-electron chi connectivity index (χ0n) is 18.2. The van der Waals surface area contributed by atoms with Crippen molar-refractivity contribution in [3.05, 3.63) is 53.6 Å². The molecule has 1 unspecified atom stereocenters. The number of ether oxygens (including phenoxy) is 3. The van der Waals surface area contributed by atoms with Crippen LogP contribution in [0.4, 0.5) is 13.2 Å². The van der Waals surface area contributed by atoms with Crippen LogP contribution < -0.4 is 9.47 Å². The molecule has 2 rings (SSSR count). The summed E-state index contributed by atoms with van der Waals surface area (Å²) in [7, 11) is 1.64. The van der Waals surface area contributed by atoms with E-state index >= 15 is 0 Å². The van der Waals surface area contributed by atoms with Gasteiger partial charge in [0.15, 0.2) is 0 Å². The van der Waals surface area contributed by atoms with E-state index in [1.54, 1.807) is 18.9 Å². The summed E-state index contributed by atoms with van der Waals surface area (Å²) in [5.41, 5.74) is 0.369. The second kappa shape index (κ2) is 14.6. The molecule has 0 aliphatic heterocycles. The first-order chi connectivity index (χ1) is 15.2. The molecule has 0 saturated carbocycles. The quantitative estimate of drug-likeness (QED) is 0.305. The van der Waals surface area contributed by atoms with Gasteiger partial charge in [-0.05, 0) is 61.4 Å². The number of methoxy groups -OCH3 is 1. The van der Waals surface area contributed by atoms with Crippen molar-refractivity contribution in [3.8, 4) is 11.5 Å². The number of benzene rings is 2. The number of alkyl halides is 3. The van der Waals surface area contributed by atoms with Crippen molar-refractivity contribution in [2.75, 3.05) is 26.1 Å². The van der Waals surface area contributed by atoms with Crippen molar-refractivity contribution >= 4 is 17.9 Å². The van der Waals surface area contributed by atoms with Gasteiger partial charge in [0, 0.05) is 17.3 Å². The Kier molecular flexibility index (Phi) is 12.5. The van der Waals surface area contributed by atoms with Crippen molar-refractivity contribution in [2.45, 2.75) is 43.9 Å². The molecule has 0 aliphatic carbocycles. The molecule has 2 aromatic rings. The highest BCUT2D eigenvalue weighted by molar-refractivity contribution is 7.99. The van der Waals surface area contributed by atoms with Gasteiger partial charge >= 0.3 is 12.3 Å². The molecule has 2 aromatic carbocycles.